The van der Waals surface area contributed by atoms with Gasteiger partial charge in [0.2, 0.25) is 0 Å². The summed E-state index contributed by atoms with van der Waals surface area (Å²) < 4.78 is 0. The van der Waals surface area contributed by atoms with Crippen LogP contribution in [0.25, 0.3) is 0 Å². The van der Waals surface area contributed by atoms with Crippen molar-refractivity contribution in [1.82, 2.24) is 0 Å². The van der Waals surface area contributed by atoms with Crippen LogP contribution in [0.2, 0.25) is 0 Å². The number of aliphatic hydroxyl groups excluding tert-OH is 1. The molecule has 74 valence electrons. The summed E-state index contributed by atoms with van der Waals surface area (Å²) in [6.45, 7) is 1.65. The van der Waals surface area contributed by atoms with E-state index in [1.807, 2.05) is 24.3 Å². The highest BCUT2D eigenvalue weighted by Gasteiger charge is 2.19. The highest BCUT2D eigenvalue weighted by Crippen LogP contribution is 2.18. The molecule has 0 aliphatic rings. The van der Waals surface area contributed by atoms with Crippen LogP contribution in [0, 0.1) is 11.3 Å². The first-order valence-electron chi connectivity index (χ1n) is 4.46. The molecule has 1 rings (SSSR count). The van der Waals surface area contributed by atoms with E-state index in [0.717, 1.165) is 11.1 Å². The van der Waals surface area contributed by atoms with E-state index in [4.69, 9.17) is 16.1 Å². The van der Waals surface area contributed by atoms with Gasteiger partial charge in [-0.25, -0.2) is 0 Å². The van der Waals surface area contributed by atoms with Crippen LogP contribution < -0.4 is 5.73 Å². The topological polar surface area (TPSA) is 70.0 Å². The first-order valence-corrected chi connectivity index (χ1v) is 4.46. The van der Waals surface area contributed by atoms with E-state index in [-0.39, 0.29) is 6.61 Å². The molecule has 3 heteroatoms. The van der Waals surface area contributed by atoms with Gasteiger partial charge in [0.25, 0.3) is 0 Å². The van der Waals surface area contributed by atoms with Crippen LogP contribution in [0.5, 0.6) is 0 Å². The summed E-state index contributed by atoms with van der Waals surface area (Å²) in [7, 11) is 0. The molecule has 0 radical (unpaired) electrons. The maximum atomic E-state index is 9.08. The molecule has 0 spiro atoms. The van der Waals surface area contributed by atoms with Crippen molar-refractivity contribution in [3.05, 3.63) is 35.4 Å². The average molecular weight is 190 g/mol. The van der Waals surface area contributed by atoms with Crippen molar-refractivity contribution in [2.75, 3.05) is 6.61 Å². The van der Waals surface area contributed by atoms with E-state index in [1.165, 1.54) is 0 Å². The lowest BCUT2D eigenvalue weighted by Gasteiger charge is -2.22. The second-order valence-corrected chi connectivity index (χ2v) is 3.61. The van der Waals surface area contributed by atoms with Crippen LogP contribution in [0.15, 0.2) is 24.3 Å². The molecule has 0 bridgehead atoms. The first-order chi connectivity index (χ1) is 6.60. The van der Waals surface area contributed by atoms with Gasteiger partial charge in [-0.15, -0.1) is 0 Å². The van der Waals surface area contributed by atoms with Crippen LogP contribution in [0.3, 0.4) is 0 Å². The fourth-order valence-corrected chi connectivity index (χ4v) is 1.22. The van der Waals surface area contributed by atoms with E-state index >= 15 is 0 Å². The standard InChI is InChI=1S/C11H14N2O/c1-11(13,8-14)10-4-2-3-9(7-10)5-6-12/h2-4,7,14H,5,8,13H2,1H3/t11-/m1/s1. The number of aliphatic hydroxyl groups is 1. The molecule has 0 amide bonds. The van der Waals surface area contributed by atoms with Gasteiger partial charge in [-0.1, -0.05) is 24.3 Å². The lowest BCUT2D eigenvalue weighted by atomic mass is 9.92. The van der Waals surface area contributed by atoms with E-state index in [0.29, 0.717) is 6.42 Å². The van der Waals surface area contributed by atoms with Crippen molar-refractivity contribution >= 4 is 0 Å². The van der Waals surface area contributed by atoms with E-state index in [9.17, 15) is 0 Å². The molecule has 14 heavy (non-hydrogen) atoms. The van der Waals surface area contributed by atoms with Gasteiger partial charge in [0.1, 0.15) is 0 Å². The molecule has 1 aromatic rings. The third-order valence-corrected chi connectivity index (χ3v) is 2.20. The fourth-order valence-electron chi connectivity index (χ4n) is 1.22. The van der Waals surface area contributed by atoms with Crippen LogP contribution in [-0.2, 0) is 12.0 Å². The molecule has 0 heterocycles. The van der Waals surface area contributed by atoms with Crippen LogP contribution in [0.4, 0.5) is 0 Å². The zero-order valence-electron chi connectivity index (χ0n) is 8.20. The molecular weight excluding hydrogens is 176 g/mol. The second-order valence-electron chi connectivity index (χ2n) is 3.61. The van der Waals surface area contributed by atoms with E-state index in [1.54, 1.807) is 6.92 Å². The summed E-state index contributed by atoms with van der Waals surface area (Å²) in [5, 5.41) is 17.6. The maximum Gasteiger partial charge on any atom is 0.0669 e. The van der Waals surface area contributed by atoms with Gasteiger partial charge in [-0.2, -0.15) is 5.26 Å². The summed E-state index contributed by atoms with van der Waals surface area (Å²) in [6, 6.07) is 9.52. The van der Waals surface area contributed by atoms with Gasteiger partial charge < -0.3 is 10.8 Å². The van der Waals surface area contributed by atoms with Gasteiger partial charge in [-0.3, -0.25) is 0 Å². The van der Waals surface area contributed by atoms with Crippen molar-refractivity contribution in [3.63, 3.8) is 0 Å². The van der Waals surface area contributed by atoms with Gasteiger partial charge in [0.15, 0.2) is 0 Å². The maximum absolute atomic E-state index is 9.08. The normalized spacial score (nSPS) is 14.4. The number of nitriles is 1. The summed E-state index contributed by atoms with van der Waals surface area (Å²) in [5.74, 6) is 0. The predicted molar refractivity (Wildman–Crippen MR) is 54.4 cm³/mol. The largest absolute Gasteiger partial charge is 0.394 e. The number of nitrogens with zero attached hydrogens (tertiary/aromatic N) is 1. The Kier molecular flexibility index (Phi) is 3.23. The smallest absolute Gasteiger partial charge is 0.0669 e. The molecule has 1 atom stereocenters. The molecule has 0 aliphatic carbocycles. The number of rotatable bonds is 3. The summed E-state index contributed by atoms with van der Waals surface area (Å²) in [4.78, 5) is 0. The minimum absolute atomic E-state index is 0.108. The SMILES string of the molecule is C[C@@](N)(CO)c1cccc(CC#N)c1. The second kappa shape index (κ2) is 4.23. The molecular formula is C11H14N2O. The van der Waals surface area contributed by atoms with Gasteiger partial charge in [-0.05, 0) is 18.1 Å². The highest BCUT2D eigenvalue weighted by atomic mass is 16.3. The van der Waals surface area contributed by atoms with Crippen molar-refractivity contribution in [2.24, 2.45) is 5.73 Å². The van der Waals surface area contributed by atoms with Gasteiger partial charge >= 0.3 is 0 Å². The zero-order chi connectivity index (χ0) is 10.6. The Labute approximate surface area is 83.8 Å². The zero-order valence-corrected chi connectivity index (χ0v) is 8.20. The number of hydrogen-bond acceptors (Lipinski definition) is 3. The fraction of sp³-hybridized carbons (Fsp3) is 0.364. The van der Waals surface area contributed by atoms with Gasteiger partial charge in [0, 0.05) is 0 Å². The summed E-state index contributed by atoms with van der Waals surface area (Å²) >= 11 is 0. The molecule has 0 aliphatic heterocycles. The monoisotopic (exact) mass is 190 g/mol. The van der Waals surface area contributed by atoms with Crippen molar-refractivity contribution in [3.8, 4) is 6.07 Å². The Balaban J connectivity index is 3.00. The third kappa shape index (κ3) is 2.32. The molecule has 1 aromatic carbocycles. The molecule has 3 nitrogen and oxygen atoms in total. The number of hydrogen-bond donors (Lipinski definition) is 2. The highest BCUT2D eigenvalue weighted by molar-refractivity contribution is 5.30. The Hall–Kier alpha value is -1.37. The molecule has 0 saturated heterocycles. The van der Waals surface area contributed by atoms with E-state index < -0.39 is 5.54 Å². The summed E-state index contributed by atoms with van der Waals surface area (Å²) in [5.41, 5.74) is 6.92. The number of benzene rings is 1. The van der Waals surface area contributed by atoms with Crippen molar-refractivity contribution in [1.29, 1.82) is 5.26 Å². The molecule has 0 saturated carbocycles. The number of nitrogens with two attached hydrogens (primary N) is 1. The van der Waals surface area contributed by atoms with Crippen molar-refractivity contribution in [2.45, 2.75) is 18.9 Å². The molecule has 0 unspecified atom stereocenters. The Morgan fingerprint density at radius 1 is 1.57 bits per heavy atom. The molecule has 0 fully saturated rings. The van der Waals surface area contributed by atoms with E-state index in [2.05, 4.69) is 6.07 Å². The van der Waals surface area contributed by atoms with Crippen molar-refractivity contribution < 1.29 is 5.11 Å². The van der Waals surface area contributed by atoms with Crippen LogP contribution in [-0.4, -0.2) is 11.7 Å². The Bertz CT molecular complexity index is 353. The summed E-state index contributed by atoms with van der Waals surface area (Å²) in [6.07, 6.45) is 0.370. The van der Waals surface area contributed by atoms with Gasteiger partial charge in [0.05, 0.1) is 24.6 Å². The molecule has 3 N–H and O–H groups in total. The quantitative estimate of drug-likeness (QED) is 0.744. The predicted octanol–water partition coefficient (Wildman–Crippen LogP) is 0.919. The first kappa shape index (κ1) is 10.7. The van der Waals surface area contributed by atoms with Crippen LogP contribution in [0.1, 0.15) is 18.1 Å². The van der Waals surface area contributed by atoms with Crippen LogP contribution >= 0.6 is 0 Å². The third-order valence-electron chi connectivity index (χ3n) is 2.20. The lowest BCUT2D eigenvalue weighted by Crippen LogP contribution is -2.36. The lowest BCUT2D eigenvalue weighted by molar-refractivity contribution is 0.210. The molecule has 0 aromatic heterocycles. The Morgan fingerprint density at radius 3 is 2.86 bits per heavy atom. The Morgan fingerprint density at radius 2 is 2.29 bits per heavy atom. The minimum Gasteiger partial charge on any atom is -0.394 e. The minimum atomic E-state index is -0.731. The average Bonchev–Trinajstić information content (AvgIpc) is 2.19.